The van der Waals surface area contributed by atoms with E-state index in [1.807, 2.05) is 44.7 Å². The fraction of sp³-hybridized carbons (Fsp3) is 0.625. The van der Waals surface area contributed by atoms with Crippen LogP contribution < -0.4 is 9.80 Å². The monoisotopic (exact) mass is 345 g/mol. The Hall–Kier alpha value is -2.94. The maximum absolute atomic E-state index is 11.7. The highest BCUT2D eigenvalue weighted by Crippen LogP contribution is 2.34. The van der Waals surface area contributed by atoms with E-state index >= 15 is 0 Å². The lowest BCUT2D eigenvalue weighted by Crippen LogP contribution is -2.33. The Balaban J connectivity index is 3.49. The molecule has 0 saturated heterocycles. The van der Waals surface area contributed by atoms with Gasteiger partial charge in [-0.3, -0.25) is 10.1 Å². The number of nitro groups is 1. The third-order valence-electron chi connectivity index (χ3n) is 3.26. The van der Waals surface area contributed by atoms with Crippen molar-refractivity contribution in [1.82, 2.24) is 9.97 Å². The summed E-state index contributed by atoms with van der Waals surface area (Å²) in [7, 11) is 0. The molecule has 25 heavy (non-hydrogen) atoms. The van der Waals surface area contributed by atoms with E-state index in [0.717, 1.165) is 0 Å². The van der Waals surface area contributed by atoms with Crippen molar-refractivity contribution >= 4 is 17.3 Å². The maximum Gasteiger partial charge on any atom is 0.353 e. The van der Waals surface area contributed by atoms with Crippen LogP contribution in [0.3, 0.4) is 0 Å². The molecule has 0 amide bonds. The molecule has 9 nitrogen and oxygen atoms in total. The zero-order chi connectivity index (χ0) is 19.0. The summed E-state index contributed by atoms with van der Waals surface area (Å²) >= 11 is 0. The summed E-state index contributed by atoms with van der Waals surface area (Å²) in [6.45, 7) is 8.98. The average molecular weight is 345 g/mol. The lowest BCUT2D eigenvalue weighted by molar-refractivity contribution is -0.383. The second-order valence-electron chi connectivity index (χ2n) is 6.49. The lowest BCUT2D eigenvalue weighted by atomic mass is 10.1. The summed E-state index contributed by atoms with van der Waals surface area (Å²) in [6.07, 6.45) is 1.24. The van der Waals surface area contributed by atoms with Crippen molar-refractivity contribution in [2.24, 2.45) is 11.8 Å². The first-order valence-electron chi connectivity index (χ1n) is 8.04. The van der Waals surface area contributed by atoms with Crippen molar-refractivity contribution < 1.29 is 4.92 Å². The normalized spacial score (nSPS) is 10.4. The first-order chi connectivity index (χ1) is 11.8. The highest BCUT2D eigenvalue weighted by molar-refractivity contribution is 5.71. The number of aromatic nitrogens is 2. The molecule has 0 atom stereocenters. The quantitative estimate of drug-likeness (QED) is 0.379. The molecule has 0 aliphatic heterocycles. The predicted octanol–water partition coefficient (Wildman–Crippen LogP) is 2.36. The van der Waals surface area contributed by atoms with E-state index in [4.69, 9.17) is 10.5 Å². The molecule has 9 heteroatoms. The summed E-state index contributed by atoms with van der Waals surface area (Å²) in [5.41, 5.74) is -0.269. The van der Waals surface area contributed by atoms with Gasteiger partial charge in [-0.05, 0) is 11.8 Å². The van der Waals surface area contributed by atoms with E-state index in [0.29, 0.717) is 13.1 Å². The molecule has 0 aromatic carbocycles. The minimum absolute atomic E-state index is 0.00406. The van der Waals surface area contributed by atoms with Crippen molar-refractivity contribution in [3.8, 4) is 12.1 Å². The van der Waals surface area contributed by atoms with Crippen molar-refractivity contribution in [2.75, 3.05) is 36.0 Å². The molecular weight excluding hydrogens is 322 g/mol. The molecule has 0 aliphatic rings. The summed E-state index contributed by atoms with van der Waals surface area (Å²) < 4.78 is 0. The van der Waals surface area contributed by atoms with Crippen molar-refractivity contribution in [1.29, 1.82) is 10.5 Å². The zero-order valence-corrected chi connectivity index (χ0v) is 15.0. The highest BCUT2D eigenvalue weighted by atomic mass is 16.6. The maximum atomic E-state index is 11.7. The van der Waals surface area contributed by atoms with E-state index in [1.54, 1.807) is 0 Å². The molecule has 134 valence electrons. The molecule has 0 saturated carbocycles. The molecule has 1 aromatic rings. The fourth-order valence-electron chi connectivity index (χ4n) is 2.49. The Morgan fingerprint density at radius 1 is 1.04 bits per heavy atom. The van der Waals surface area contributed by atoms with Crippen molar-refractivity contribution in [3.63, 3.8) is 0 Å². The van der Waals surface area contributed by atoms with Gasteiger partial charge in [0.2, 0.25) is 11.6 Å². The van der Waals surface area contributed by atoms with E-state index in [1.165, 1.54) is 11.2 Å². The van der Waals surface area contributed by atoms with Gasteiger partial charge in [0.1, 0.15) is 19.4 Å². The molecule has 0 aliphatic carbocycles. The molecule has 0 N–H and O–H groups in total. The van der Waals surface area contributed by atoms with Gasteiger partial charge < -0.3 is 9.80 Å². The van der Waals surface area contributed by atoms with Crippen molar-refractivity contribution in [2.45, 2.75) is 27.7 Å². The number of anilines is 2. The van der Waals surface area contributed by atoms with Crippen LogP contribution in [0, 0.1) is 44.6 Å². The van der Waals surface area contributed by atoms with Gasteiger partial charge in [0.05, 0.1) is 17.1 Å². The van der Waals surface area contributed by atoms with E-state index in [-0.39, 0.29) is 42.2 Å². The minimum Gasteiger partial charge on any atom is -0.350 e. The molecule has 0 fully saturated rings. The SMILES string of the molecule is CC(C)CN(CC(C)C)c1ncnc(N(CC#N)CC#N)c1[N+](=O)[O-]. The van der Waals surface area contributed by atoms with Gasteiger partial charge in [-0.15, -0.1) is 0 Å². The minimum atomic E-state index is -0.542. The fourth-order valence-corrected chi connectivity index (χ4v) is 2.49. The second-order valence-corrected chi connectivity index (χ2v) is 6.49. The van der Waals surface area contributed by atoms with E-state index in [9.17, 15) is 10.1 Å². The first-order valence-corrected chi connectivity index (χ1v) is 8.04. The largest absolute Gasteiger partial charge is 0.353 e. The molecule has 0 bridgehead atoms. The first kappa shape index (κ1) is 20.1. The van der Waals surface area contributed by atoms with E-state index < -0.39 is 4.92 Å². The van der Waals surface area contributed by atoms with Crippen LogP contribution in [0.15, 0.2) is 6.33 Å². The Bertz CT molecular complexity index is 650. The number of hydrogen-bond acceptors (Lipinski definition) is 8. The smallest absolute Gasteiger partial charge is 0.350 e. The number of rotatable bonds is 9. The Morgan fingerprint density at radius 2 is 1.48 bits per heavy atom. The van der Waals surface area contributed by atoms with Crippen LogP contribution in [0.25, 0.3) is 0 Å². The van der Waals surface area contributed by atoms with Gasteiger partial charge in [0.15, 0.2) is 0 Å². The topological polar surface area (TPSA) is 123 Å². The summed E-state index contributed by atoms with van der Waals surface area (Å²) in [5.74, 6) is 0.783. The lowest BCUT2D eigenvalue weighted by Gasteiger charge is -2.28. The molecule has 0 spiro atoms. The molecule has 1 rings (SSSR count). The predicted molar refractivity (Wildman–Crippen MR) is 94.0 cm³/mol. The van der Waals surface area contributed by atoms with Crippen LogP contribution in [0.4, 0.5) is 17.3 Å². The van der Waals surface area contributed by atoms with Gasteiger partial charge in [0.25, 0.3) is 0 Å². The third-order valence-corrected chi connectivity index (χ3v) is 3.26. The summed E-state index contributed by atoms with van der Waals surface area (Å²) in [6, 6.07) is 3.82. The van der Waals surface area contributed by atoms with Crippen LogP contribution in [-0.2, 0) is 0 Å². The number of nitriles is 2. The third kappa shape index (κ3) is 5.57. The average Bonchev–Trinajstić information content (AvgIpc) is 2.52. The van der Waals surface area contributed by atoms with Crippen LogP contribution in [0.1, 0.15) is 27.7 Å². The number of hydrogen-bond donors (Lipinski definition) is 0. The zero-order valence-electron chi connectivity index (χ0n) is 15.0. The number of nitrogens with zero attached hydrogens (tertiary/aromatic N) is 7. The van der Waals surface area contributed by atoms with Gasteiger partial charge >= 0.3 is 5.69 Å². The van der Waals surface area contributed by atoms with Crippen LogP contribution >= 0.6 is 0 Å². The molecule has 0 unspecified atom stereocenters. The van der Waals surface area contributed by atoms with Crippen LogP contribution in [-0.4, -0.2) is 41.1 Å². The van der Waals surface area contributed by atoms with E-state index in [2.05, 4.69) is 9.97 Å². The van der Waals surface area contributed by atoms with Gasteiger partial charge in [-0.2, -0.15) is 10.5 Å². The Kier molecular flexibility index (Phi) is 7.54. The highest BCUT2D eigenvalue weighted by Gasteiger charge is 2.30. The van der Waals surface area contributed by atoms with Gasteiger partial charge in [-0.25, -0.2) is 9.97 Å². The summed E-state index contributed by atoms with van der Waals surface area (Å²) in [5, 5.41) is 29.6. The van der Waals surface area contributed by atoms with Gasteiger partial charge in [0, 0.05) is 13.1 Å². The van der Waals surface area contributed by atoms with Gasteiger partial charge in [-0.1, -0.05) is 27.7 Å². The van der Waals surface area contributed by atoms with Crippen LogP contribution in [0.2, 0.25) is 0 Å². The molecule has 0 radical (unpaired) electrons. The summed E-state index contributed by atoms with van der Waals surface area (Å²) in [4.78, 5) is 22.5. The Morgan fingerprint density at radius 3 is 1.84 bits per heavy atom. The van der Waals surface area contributed by atoms with Crippen LogP contribution in [0.5, 0.6) is 0 Å². The molecular formula is C16H23N7O2. The van der Waals surface area contributed by atoms with Crippen molar-refractivity contribution in [3.05, 3.63) is 16.4 Å². The second kappa shape index (κ2) is 9.38. The Labute approximate surface area is 147 Å². The molecule has 1 heterocycles. The molecule has 1 aromatic heterocycles. The standard InChI is InChI=1S/C16H23N7O2/c1-12(2)9-22(10-13(3)4)16-14(23(24)25)15(19-11-20-16)21(7-5-17)8-6-18/h11-13H,7-10H2,1-4H3.